The lowest BCUT2D eigenvalue weighted by Gasteiger charge is -2.12. The first kappa shape index (κ1) is 11.5. The zero-order valence-electron chi connectivity index (χ0n) is 9.99. The Labute approximate surface area is 97.8 Å². The predicted octanol–water partition coefficient (Wildman–Crippen LogP) is 3.28. The molecule has 2 rings (SSSR count). The van der Waals surface area contributed by atoms with Gasteiger partial charge in [-0.2, -0.15) is 0 Å². The van der Waals surface area contributed by atoms with Crippen LogP contribution in [-0.4, -0.2) is 6.61 Å². The average Bonchev–Trinajstić information content (AvgIpc) is 2.80. The topological polar surface area (TPSA) is 35.2 Å². The highest BCUT2D eigenvalue weighted by Crippen LogP contribution is 2.25. The first-order chi connectivity index (χ1) is 7.75. The molecular formula is C14H21NO. The fraction of sp³-hybridized carbons (Fsp3) is 0.571. The second kappa shape index (κ2) is 5.35. The molecule has 1 fully saturated rings. The minimum atomic E-state index is 0.101. The molecule has 0 aliphatic heterocycles. The van der Waals surface area contributed by atoms with Crippen LogP contribution in [0.5, 0.6) is 5.75 Å². The molecule has 0 amide bonds. The molecule has 2 heteroatoms. The van der Waals surface area contributed by atoms with Gasteiger partial charge in [0.25, 0.3) is 0 Å². The summed E-state index contributed by atoms with van der Waals surface area (Å²) in [6.07, 6.45) is 5.41. The van der Waals surface area contributed by atoms with Crippen molar-refractivity contribution in [1.82, 2.24) is 0 Å². The summed E-state index contributed by atoms with van der Waals surface area (Å²) >= 11 is 0. The average molecular weight is 219 g/mol. The molecule has 1 aliphatic rings. The van der Waals surface area contributed by atoms with Crippen LogP contribution in [-0.2, 0) is 0 Å². The normalized spacial score (nSPS) is 18.6. The number of hydrogen-bond acceptors (Lipinski definition) is 2. The van der Waals surface area contributed by atoms with E-state index in [9.17, 15) is 0 Å². The van der Waals surface area contributed by atoms with E-state index in [0.717, 1.165) is 23.8 Å². The Morgan fingerprint density at radius 3 is 2.44 bits per heavy atom. The maximum absolute atomic E-state index is 5.80. The summed E-state index contributed by atoms with van der Waals surface area (Å²) in [5, 5.41) is 0. The van der Waals surface area contributed by atoms with Crippen molar-refractivity contribution >= 4 is 0 Å². The Balaban J connectivity index is 1.84. The SMILES string of the molecule is C[C@@H](N)c1ccc(OCC2CCCC2)cc1. The van der Waals surface area contributed by atoms with Crippen LogP contribution in [0.2, 0.25) is 0 Å². The Kier molecular flexibility index (Phi) is 3.83. The zero-order valence-corrected chi connectivity index (χ0v) is 9.99. The molecule has 1 atom stereocenters. The Bertz CT molecular complexity index is 312. The van der Waals surface area contributed by atoms with Gasteiger partial charge in [0.2, 0.25) is 0 Å². The fourth-order valence-electron chi connectivity index (χ4n) is 2.26. The van der Waals surface area contributed by atoms with Crippen molar-refractivity contribution in [2.75, 3.05) is 6.61 Å². The smallest absolute Gasteiger partial charge is 0.119 e. The van der Waals surface area contributed by atoms with Crippen LogP contribution in [0.1, 0.15) is 44.2 Å². The molecule has 0 radical (unpaired) electrons. The summed E-state index contributed by atoms with van der Waals surface area (Å²) in [7, 11) is 0. The number of ether oxygens (including phenoxy) is 1. The van der Waals surface area contributed by atoms with Gasteiger partial charge in [0, 0.05) is 6.04 Å². The molecule has 0 saturated heterocycles. The van der Waals surface area contributed by atoms with E-state index in [2.05, 4.69) is 12.1 Å². The van der Waals surface area contributed by atoms with Crippen molar-refractivity contribution in [2.45, 2.75) is 38.6 Å². The second-order valence-electron chi connectivity index (χ2n) is 4.82. The summed E-state index contributed by atoms with van der Waals surface area (Å²) in [6.45, 7) is 2.87. The van der Waals surface area contributed by atoms with Crippen LogP contribution in [0.15, 0.2) is 24.3 Å². The van der Waals surface area contributed by atoms with Gasteiger partial charge in [-0.05, 0) is 43.4 Å². The van der Waals surface area contributed by atoms with E-state index in [1.807, 2.05) is 19.1 Å². The first-order valence-electron chi connectivity index (χ1n) is 6.24. The van der Waals surface area contributed by atoms with E-state index in [4.69, 9.17) is 10.5 Å². The summed E-state index contributed by atoms with van der Waals surface area (Å²) in [6, 6.07) is 8.24. The van der Waals surface area contributed by atoms with E-state index in [-0.39, 0.29) is 6.04 Å². The molecule has 88 valence electrons. The maximum Gasteiger partial charge on any atom is 0.119 e. The van der Waals surface area contributed by atoms with Gasteiger partial charge in [-0.25, -0.2) is 0 Å². The van der Waals surface area contributed by atoms with Crippen molar-refractivity contribution in [3.05, 3.63) is 29.8 Å². The summed E-state index contributed by atoms with van der Waals surface area (Å²) < 4.78 is 5.78. The van der Waals surface area contributed by atoms with Crippen LogP contribution < -0.4 is 10.5 Å². The summed E-state index contributed by atoms with van der Waals surface area (Å²) in [5.74, 6) is 1.74. The van der Waals surface area contributed by atoms with Gasteiger partial charge in [-0.3, -0.25) is 0 Å². The van der Waals surface area contributed by atoms with E-state index in [1.54, 1.807) is 0 Å². The lowest BCUT2D eigenvalue weighted by Crippen LogP contribution is -2.08. The zero-order chi connectivity index (χ0) is 11.4. The molecule has 0 spiro atoms. The third kappa shape index (κ3) is 2.99. The molecule has 1 aromatic carbocycles. The molecule has 1 aromatic rings. The van der Waals surface area contributed by atoms with Crippen LogP contribution in [0.3, 0.4) is 0 Å². The van der Waals surface area contributed by atoms with Crippen molar-refractivity contribution in [1.29, 1.82) is 0 Å². The largest absolute Gasteiger partial charge is 0.493 e. The van der Waals surface area contributed by atoms with E-state index < -0.39 is 0 Å². The van der Waals surface area contributed by atoms with E-state index in [1.165, 1.54) is 25.7 Å². The lowest BCUT2D eigenvalue weighted by molar-refractivity contribution is 0.252. The summed E-state index contributed by atoms with van der Waals surface area (Å²) in [4.78, 5) is 0. The number of hydrogen-bond donors (Lipinski definition) is 1. The molecule has 0 aromatic heterocycles. The van der Waals surface area contributed by atoms with Crippen LogP contribution in [0, 0.1) is 5.92 Å². The lowest BCUT2D eigenvalue weighted by atomic mass is 10.1. The highest BCUT2D eigenvalue weighted by atomic mass is 16.5. The molecule has 2 nitrogen and oxygen atoms in total. The third-order valence-corrected chi connectivity index (χ3v) is 3.37. The van der Waals surface area contributed by atoms with Gasteiger partial charge in [-0.1, -0.05) is 25.0 Å². The molecule has 0 bridgehead atoms. The third-order valence-electron chi connectivity index (χ3n) is 3.37. The molecular weight excluding hydrogens is 198 g/mol. The van der Waals surface area contributed by atoms with Crippen molar-refractivity contribution in [2.24, 2.45) is 11.7 Å². The van der Waals surface area contributed by atoms with Gasteiger partial charge in [-0.15, -0.1) is 0 Å². The van der Waals surface area contributed by atoms with Gasteiger partial charge < -0.3 is 10.5 Å². The predicted molar refractivity (Wildman–Crippen MR) is 66.5 cm³/mol. The molecule has 0 heterocycles. The Morgan fingerprint density at radius 1 is 1.25 bits per heavy atom. The Morgan fingerprint density at radius 2 is 1.88 bits per heavy atom. The van der Waals surface area contributed by atoms with Crippen molar-refractivity contribution in [3.8, 4) is 5.75 Å². The highest BCUT2D eigenvalue weighted by Gasteiger charge is 2.15. The van der Waals surface area contributed by atoms with Gasteiger partial charge in [0.05, 0.1) is 6.61 Å². The van der Waals surface area contributed by atoms with Crippen LogP contribution in [0.4, 0.5) is 0 Å². The minimum Gasteiger partial charge on any atom is -0.493 e. The van der Waals surface area contributed by atoms with Crippen molar-refractivity contribution < 1.29 is 4.74 Å². The fourth-order valence-corrected chi connectivity index (χ4v) is 2.26. The van der Waals surface area contributed by atoms with Gasteiger partial charge >= 0.3 is 0 Å². The van der Waals surface area contributed by atoms with Gasteiger partial charge in [0.15, 0.2) is 0 Å². The molecule has 1 aliphatic carbocycles. The number of benzene rings is 1. The minimum absolute atomic E-state index is 0.101. The quantitative estimate of drug-likeness (QED) is 0.843. The number of nitrogens with two attached hydrogens (primary N) is 1. The second-order valence-corrected chi connectivity index (χ2v) is 4.82. The van der Waals surface area contributed by atoms with Crippen molar-refractivity contribution in [3.63, 3.8) is 0 Å². The van der Waals surface area contributed by atoms with Crippen LogP contribution >= 0.6 is 0 Å². The van der Waals surface area contributed by atoms with E-state index >= 15 is 0 Å². The van der Waals surface area contributed by atoms with E-state index in [0.29, 0.717) is 0 Å². The monoisotopic (exact) mass is 219 g/mol. The molecule has 16 heavy (non-hydrogen) atoms. The van der Waals surface area contributed by atoms with Gasteiger partial charge in [0.1, 0.15) is 5.75 Å². The molecule has 0 unspecified atom stereocenters. The highest BCUT2D eigenvalue weighted by molar-refractivity contribution is 5.28. The first-order valence-corrected chi connectivity index (χ1v) is 6.24. The maximum atomic E-state index is 5.80. The Hall–Kier alpha value is -1.02. The standard InChI is InChI=1S/C14H21NO/c1-11(15)13-6-8-14(9-7-13)16-10-12-4-2-3-5-12/h6-9,11-12H,2-5,10,15H2,1H3/t11-/m1/s1. The van der Waals surface area contributed by atoms with Crippen LogP contribution in [0.25, 0.3) is 0 Å². The molecule has 1 saturated carbocycles. The summed E-state index contributed by atoms with van der Waals surface area (Å²) in [5.41, 5.74) is 6.96. The molecule has 2 N–H and O–H groups in total. The number of rotatable bonds is 4.